The first-order valence-corrected chi connectivity index (χ1v) is 11.7. The number of methoxy groups -OCH3 is 1. The SMILES string of the molecule is COc1ccccc1CC1=C(c2ccc3nsnc3c2)C(=O)OC1(O)c1ccc2c(c1)OCCO2. The number of hydrogen-bond acceptors (Lipinski definition) is 9. The topological polar surface area (TPSA) is 100 Å². The first-order chi connectivity index (χ1) is 17.1. The van der Waals surface area contributed by atoms with Gasteiger partial charge in [-0.25, -0.2) is 4.79 Å². The van der Waals surface area contributed by atoms with Crippen LogP contribution < -0.4 is 14.2 Å². The lowest BCUT2D eigenvalue weighted by Gasteiger charge is -2.27. The van der Waals surface area contributed by atoms with Crippen LogP contribution in [-0.4, -0.2) is 40.1 Å². The van der Waals surface area contributed by atoms with Crippen LogP contribution in [0.25, 0.3) is 16.6 Å². The molecule has 0 saturated carbocycles. The average molecular weight is 489 g/mol. The minimum atomic E-state index is -2.02. The maximum Gasteiger partial charge on any atom is 0.342 e. The van der Waals surface area contributed by atoms with E-state index in [0.29, 0.717) is 52.7 Å². The van der Waals surface area contributed by atoms with Gasteiger partial charge < -0.3 is 24.1 Å². The number of aliphatic hydroxyl groups is 1. The molecule has 0 amide bonds. The van der Waals surface area contributed by atoms with Crippen molar-refractivity contribution in [3.8, 4) is 17.2 Å². The number of para-hydroxylation sites is 1. The van der Waals surface area contributed by atoms with E-state index in [2.05, 4.69) is 8.75 Å². The van der Waals surface area contributed by atoms with Gasteiger partial charge in [-0.3, -0.25) is 0 Å². The predicted molar refractivity (Wildman–Crippen MR) is 128 cm³/mol. The number of nitrogens with zero attached hydrogens (tertiary/aromatic N) is 2. The molecule has 0 bridgehead atoms. The van der Waals surface area contributed by atoms with Crippen molar-refractivity contribution in [2.75, 3.05) is 20.3 Å². The Morgan fingerprint density at radius 3 is 2.66 bits per heavy atom. The third-order valence-electron chi connectivity index (χ3n) is 6.19. The molecule has 9 heteroatoms. The van der Waals surface area contributed by atoms with Crippen LogP contribution in [0.4, 0.5) is 0 Å². The smallest absolute Gasteiger partial charge is 0.342 e. The number of carbonyl (C=O) groups is 1. The van der Waals surface area contributed by atoms with Crippen molar-refractivity contribution in [2.45, 2.75) is 12.2 Å². The van der Waals surface area contributed by atoms with Crippen molar-refractivity contribution in [3.63, 3.8) is 0 Å². The zero-order chi connectivity index (χ0) is 24.0. The van der Waals surface area contributed by atoms with Crippen LogP contribution >= 0.6 is 11.7 Å². The minimum Gasteiger partial charge on any atom is -0.496 e. The summed E-state index contributed by atoms with van der Waals surface area (Å²) in [6, 6.07) is 17.9. The third kappa shape index (κ3) is 3.60. The van der Waals surface area contributed by atoms with Gasteiger partial charge in [0.05, 0.1) is 24.4 Å². The van der Waals surface area contributed by atoms with E-state index in [4.69, 9.17) is 18.9 Å². The van der Waals surface area contributed by atoms with Gasteiger partial charge in [0.25, 0.3) is 5.79 Å². The Kier molecular flexibility index (Phi) is 5.16. The number of esters is 1. The Labute approximate surface area is 204 Å². The molecule has 0 radical (unpaired) electrons. The highest BCUT2D eigenvalue weighted by Crippen LogP contribution is 2.47. The summed E-state index contributed by atoms with van der Waals surface area (Å²) in [7, 11) is 1.58. The first-order valence-electron chi connectivity index (χ1n) is 11.0. The van der Waals surface area contributed by atoms with E-state index in [1.165, 1.54) is 0 Å². The molecule has 4 aromatic rings. The first kappa shape index (κ1) is 21.6. The standard InChI is InChI=1S/C26H20N2O6S/c1-31-21-5-3-2-4-15(21)12-18-24(16-6-8-19-20(13-16)28-35-27-19)25(29)34-26(18,30)17-7-9-22-23(14-17)33-11-10-32-22/h2-9,13-14,30H,10-12H2,1H3. The van der Waals surface area contributed by atoms with Gasteiger partial charge in [0.15, 0.2) is 11.5 Å². The number of fused-ring (bicyclic) bond motifs is 2. The Morgan fingerprint density at radius 2 is 1.80 bits per heavy atom. The van der Waals surface area contributed by atoms with Crippen molar-refractivity contribution in [1.29, 1.82) is 0 Å². The summed E-state index contributed by atoms with van der Waals surface area (Å²) in [6.45, 7) is 0.841. The van der Waals surface area contributed by atoms with E-state index < -0.39 is 11.8 Å². The average Bonchev–Trinajstić information content (AvgIpc) is 3.45. The van der Waals surface area contributed by atoms with Gasteiger partial charge >= 0.3 is 5.97 Å². The van der Waals surface area contributed by atoms with Gasteiger partial charge in [-0.2, -0.15) is 8.75 Å². The molecule has 176 valence electrons. The van der Waals surface area contributed by atoms with Gasteiger partial charge in [0, 0.05) is 17.6 Å². The summed E-state index contributed by atoms with van der Waals surface area (Å²) in [6.07, 6.45) is 0.212. The van der Waals surface area contributed by atoms with Crippen molar-refractivity contribution in [3.05, 3.63) is 82.9 Å². The van der Waals surface area contributed by atoms with Crippen molar-refractivity contribution in [2.24, 2.45) is 0 Å². The number of carbonyl (C=O) groups excluding carboxylic acids is 1. The quantitative estimate of drug-likeness (QED) is 0.423. The Hall–Kier alpha value is -3.95. The molecule has 3 heterocycles. The highest BCUT2D eigenvalue weighted by molar-refractivity contribution is 7.00. The Balaban J connectivity index is 1.54. The van der Waals surface area contributed by atoms with Gasteiger partial charge in [0.2, 0.25) is 0 Å². The van der Waals surface area contributed by atoms with E-state index in [1.54, 1.807) is 43.5 Å². The number of benzene rings is 3. The molecule has 1 atom stereocenters. The van der Waals surface area contributed by atoms with Gasteiger partial charge in [0.1, 0.15) is 30.0 Å². The summed E-state index contributed by atoms with van der Waals surface area (Å²) >= 11 is 1.10. The number of rotatable bonds is 5. The summed E-state index contributed by atoms with van der Waals surface area (Å²) in [5.74, 6) is -0.946. The fourth-order valence-electron chi connectivity index (χ4n) is 4.50. The molecule has 1 aromatic heterocycles. The molecule has 1 unspecified atom stereocenters. The normalized spacial score (nSPS) is 19.2. The largest absolute Gasteiger partial charge is 0.496 e. The Bertz CT molecular complexity index is 1500. The number of aromatic nitrogens is 2. The molecule has 0 aliphatic carbocycles. The second-order valence-corrected chi connectivity index (χ2v) is 8.73. The molecule has 3 aromatic carbocycles. The molecule has 1 N–H and O–H groups in total. The molecule has 8 nitrogen and oxygen atoms in total. The summed E-state index contributed by atoms with van der Waals surface area (Å²) < 4.78 is 31.1. The highest BCUT2D eigenvalue weighted by atomic mass is 32.1. The van der Waals surface area contributed by atoms with Gasteiger partial charge in [-0.05, 0) is 47.5 Å². The Morgan fingerprint density at radius 1 is 1.00 bits per heavy atom. The van der Waals surface area contributed by atoms with Crippen molar-refractivity contribution < 1.29 is 28.8 Å². The van der Waals surface area contributed by atoms with E-state index in [1.807, 2.05) is 24.3 Å². The maximum atomic E-state index is 13.3. The molecular formula is C26H20N2O6S. The van der Waals surface area contributed by atoms with Crippen LogP contribution in [0.5, 0.6) is 17.2 Å². The zero-order valence-electron chi connectivity index (χ0n) is 18.7. The number of hydrogen-bond donors (Lipinski definition) is 1. The summed E-state index contributed by atoms with van der Waals surface area (Å²) in [5.41, 5.74) is 3.83. The number of cyclic esters (lactones) is 1. The molecule has 6 rings (SSSR count). The molecule has 0 spiro atoms. The zero-order valence-corrected chi connectivity index (χ0v) is 19.5. The van der Waals surface area contributed by atoms with Gasteiger partial charge in [-0.1, -0.05) is 24.3 Å². The van der Waals surface area contributed by atoms with Crippen LogP contribution in [0.15, 0.2) is 66.2 Å². The molecule has 2 aliphatic rings. The summed E-state index contributed by atoms with van der Waals surface area (Å²) in [4.78, 5) is 13.3. The van der Waals surface area contributed by atoms with Crippen LogP contribution in [-0.2, 0) is 21.7 Å². The molecular weight excluding hydrogens is 468 g/mol. The minimum absolute atomic E-state index is 0.212. The predicted octanol–water partition coefficient (Wildman–Crippen LogP) is 3.87. The van der Waals surface area contributed by atoms with Crippen LogP contribution in [0.3, 0.4) is 0 Å². The lowest BCUT2D eigenvalue weighted by Crippen LogP contribution is -2.30. The van der Waals surface area contributed by atoms with E-state index in [-0.39, 0.29) is 12.0 Å². The molecule has 0 saturated heterocycles. The lowest BCUT2D eigenvalue weighted by atomic mass is 9.87. The number of ether oxygens (including phenoxy) is 4. The fourth-order valence-corrected chi connectivity index (χ4v) is 5.02. The van der Waals surface area contributed by atoms with Crippen LogP contribution in [0.1, 0.15) is 16.7 Å². The second kappa shape index (κ2) is 8.37. The monoisotopic (exact) mass is 488 g/mol. The van der Waals surface area contributed by atoms with E-state index in [9.17, 15) is 9.90 Å². The maximum absolute atomic E-state index is 13.3. The van der Waals surface area contributed by atoms with Crippen LogP contribution in [0, 0.1) is 0 Å². The third-order valence-corrected chi connectivity index (χ3v) is 6.75. The second-order valence-electron chi connectivity index (χ2n) is 8.20. The van der Waals surface area contributed by atoms with Crippen molar-refractivity contribution in [1.82, 2.24) is 8.75 Å². The summed E-state index contributed by atoms with van der Waals surface area (Å²) in [5, 5.41) is 12.0. The van der Waals surface area contributed by atoms with E-state index >= 15 is 0 Å². The van der Waals surface area contributed by atoms with E-state index in [0.717, 1.165) is 22.8 Å². The molecule has 35 heavy (non-hydrogen) atoms. The van der Waals surface area contributed by atoms with Crippen molar-refractivity contribution >= 4 is 34.3 Å². The fraction of sp³-hybridized carbons (Fsp3) is 0.192. The molecule has 0 fully saturated rings. The van der Waals surface area contributed by atoms with Gasteiger partial charge in [-0.15, -0.1) is 0 Å². The molecule has 2 aliphatic heterocycles. The highest BCUT2D eigenvalue weighted by Gasteiger charge is 2.48. The lowest BCUT2D eigenvalue weighted by molar-refractivity contribution is -0.185. The van der Waals surface area contributed by atoms with Crippen LogP contribution in [0.2, 0.25) is 0 Å².